The van der Waals surface area contributed by atoms with Crippen LogP contribution in [0.5, 0.6) is 0 Å². The lowest BCUT2D eigenvalue weighted by Gasteiger charge is -2.32. The third-order valence-corrected chi connectivity index (χ3v) is 3.97. The molecule has 0 spiro atoms. The van der Waals surface area contributed by atoms with E-state index in [1.165, 1.54) is 19.1 Å². The first-order valence-electron chi connectivity index (χ1n) is 7.54. The minimum Gasteiger partial charge on any atom is -0.480 e. The highest BCUT2D eigenvalue weighted by Crippen LogP contribution is 2.41. The highest BCUT2D eigenvalue weighted by Gasteiger charge is 2.56. The van der Waals surface area contributed by atoms with Crippen LogP contribution in [0.2, 0.25) is 0 Å². The number of rotatable bonds is 7. The van der Waals surface area contributed by atoms with Gasteiger partial charge in [0.15, 0.2) is 5.92 Å². The highest BCUT2D eigenvalue weighted by molar-refractivity contribution is 5.97. The van der Waals surface area contributed by atoms with Gasteiger partial charge >= 0.3 is 17.7 Å². The van der Waals surface area contributed by atoms with Gasteiger partial charge in [0.1, 0.15) is 0 Å². The van der Waals surface area contributed by atoms with E-state index in [0.29, 0.717) is 11.1 Å². The number of ether oxygens (including phenoxy) is 1. The average molecular weight is 347 g/mol. The number of benzene rings is 1. The topological polar surface area (TPSA) is 127 Å². The van der Waals surface area contributed by atoms with Crippen molar-refractivity contribution >= 4 is 17.5 Å². The summed E-state index contributed by atoms with van der Waals surface area (Å²) in [5, 5.41) is 30.3. The number of aliphatic carboxylic acids is 2. The number of nitro groups is 1. The number of nitrogens with zero attached hydrogens (tertiary/aromatic N) is 1. The Hall–Kier alpha value is -3.00. The molecule has 1 aromatic carbocycles. The predicted octanol–water partition coefficient (Wildman–Crippen LogP) is 2.19. The van der Waals surface area contributed by atoms with E-state index < -0.39 is 34.1 Å². The normalized spacial score (nSPS) is 19.9. The third-order valence-electron chi connectivity index (χ3n) is 3.97. The van der Waals surface area contributed by atoms with Crippen LogP contribution in [0.4, 0.5) is 0 Å². The molecule has 0 heterocycles. The molecule has 2 N–H and O–H groups in total. The van der Waals surface area contributed by atoms with Gasteiger partial charge in [-0.25, -0.2) is 0 Å². The van der Waals surface area contributed by atoms with Crippen LogP contribution in [0.15, 0.2) is 48.1 Å². The molecule has 2 rings (SSSR count). The molecule has 25 heavy (non-hydrogen) atoms. The van der Waals surface area contributed by atoms with Crippen molar-refractivity contribution in [1.82, 2.24) is 0 Å². The maximum Gasteiger partial charge on any atom is 0.353 e. The molecule has 1 aliphatic rings. The zero-order chi connectivity index (χ0) is 18.6. The third kappa shape index (κ3) is 3.43. The first kappa shape index (κ1) is 18.3. The summed E-state index contributed by atoms with van der Waals surface area (Å²) >= 11 is 0. The molecule has 1 aromatic rings. The summed E-state index contributed by atoms with van der Waals surface area (Å²) < 4.78 is 5.34. The van der Waals surface area contributed by atoms with Gasteiger partial charge in [-0.3, -0.25) is 19.7 Å². The number of carbonyl (C=O) groups is 2. The summed E-state index contributed by atoms with van der Waals surface area (Å²) in [6, 6.07) is 8.84. The van der Waals surface area contributed by atoms with Crippen molar-refractivity contribution in [2.75, 3.05) is 6.61 Å². The van der Waals surface area contributed by atoms with Crippen LogP contribution in [0.1, 0.15) is 18.9 Å². The summed E-state index contributed by atoms with van der Waals surface area (Å²) in [7, 11) is 0. The van der Waals surface area contributed by atoms with E-state index in [4.69, 9.17) is 4.74 Å². The van der Waals surface area contributed by atoms with Gasteiger partial charge in [0.25, 0.3) is 0 Å². The van der Waals surface area contributed by atoms with Crippen LogP contribution in [0.3, 0.4) is 0 Å². The largest absolute Gasteiger partial charge is 0.480 e. The highest BCUT2D eigenvalue weighted by atomic mass is 16.7. The first-order valence-corrected chi connectivity index (χ1v) is 7.54. The number of hydrogen-bond acceptors (Lipinski definition) is 5. The van der Waals surface area contributed by atoms with E-state index in [9.17, 15) is 29.9 Å². The van der Waals surface area contributed by atoms with E-state index in [2.05, 4.69) is 0 Å². The fourth-order valence-electron chi connectivity index (χ4n) is 2.88. The van der Waals surface area contributed by atoms with Crippen molar-refractivity contribution in [3.63, 3.8) is 0 Å². The lowest BCUT2D eigenvalue weighted by molar-refractivity contribution is -0.616. The van der Waals surface area contributed by atoms with E-state index >= 15 is 0 Å². The van der Waals surface area contributed by atoms with Gasteiger partial charge in [0.2, 0.25) is 0 Å². The Bertz CT molecular complexity index is 740. The van der Waals surface area contributed by atoms with Gasteiger partial charge in [0.05, 0.1) is 23.5 Å². The Kier molecular flexibility index (Phi) is 5.33. The summed E-state index contributed by atoms with van der Waals surface area (Å²) in [5.74, 6) is -5.42. The smallest absolute Gasteiger partial charge is 0.353 e. The predicted molar refractivity (Wildman–Crippen MR) is 87.2 cm³/mol. The van der Waals surface area contributed by atoms with E-state index in [0.717, 1.165) is 0 Å². The van der Waals surface area contributed by atoms with E-state index in [1.807, 2.05) is 0 Å². The van der Waals surface area contributed by atoms with Gasteiger partial charge in [0, 0.05) is 0 Å². The molecule has 8 nitrogen and oxygen atoms in total. The van der Waals surface area contributed by atoms with Gasteiger partial charge < -0.3 is 14.9 Å². The Morgan fingerprint density at radius 1 is 1.24 bits per heavy atom. The van der Waals surface area contributed by atoms with Crippen LogP contribution in [-0.4, -0.2) is 39.4 Å². The zero-order valence-corrected chi connectivity index (χ0v) is 13.4. The summed E-state index contributed by atoms with van der Waals surface area (Å²) in [6.07, 6.45) is 2.42. The van der Waals surface area contributed by atoms with Crippen LogP contribution in [0.25, 0.3) is 5.57 Å². The number of carboxylic acid groups (broad SMARTS) is 2. The number of allylic oxidation sites excluding steroid dienone is 2. The van der Waals surface area contributed by atoms with Gasteiger partial charge in [-0.2, -0.15) is 0 Å². The van der Waals surface area contributed by atoms with Crippen molar-refractivity contribution < 1.29 is 29.5 Å². The molecule has 0 amide bonds. The minimum absolute atomic E-state index is 0.0770. The van der Waals surface area contributed by atoms with Crippen LogP contribution >= 0.6 is 0 Å². The van der Waals surface area contributed by atoms with Crippen molar-refractivity contribution in [2.24, 2.45) is 5.92 Å². The van der Waals surface area contributed by atoms with Crippen molar-refractivity contribution in [3.05, 3.63) is 63.7 Å². The van der Waals surface area contributed by atoms with Gasteiger partial charge in [-0.05, 0) is 18.1 Å². The molecule has 0 radical (unpaired) electrons. The van der Waals surface area contributed by atoms with Crippen LogP contribution in [0, 0.1) is 16.0 Å². The minimum atomic E-state index is -2.24. The molecule has 132 valence electrons. The Labute approximate surface area is 143 Å². The molecular formula is C17H17NO7. The fourth-order valence-corrected chi connectivity index (χ4v) is 2.88. The molecule has 8 heteroatoms. The quantitative estimate of drug-likeness (QED) is 0.335. The second-order valence-corrected chi connectivity index (χ2v) is 5.44. The molecule has 0 aliphatic heterocycles. The molecule has 1 unspecified atom stereocenters. The summed E-state index contributed by atoms with van der Waals surface area (Å²) in [6.45, 7) is 1.45. The maximum atomic E-state index is 11.8. The molecular weight excluding hydrogens is 330 g/mol. The lowest BCUT2D eigenvalue weighted by atomic mass is 9.80. The first-order chi connectivity index (χ1) is 11.8. The zero-order valence-electron chi connectivity index (χ0n) is 13.4. The second kappa shape index (κ2) is 7.27. The van der Waals surface area contributed by atoms with Gasteiger partial charge in [-0.1, -0.05) is 42.5 Å². The maximum absolute atomic E-state index is 11.8. The Morgan fingerprint density at radius 3 is 2.32 bits per heavy atom. The fraction of sp³-hybridized carbons (Fsp3) is 0.294. The van der Waals surface area contributed by atoms with E-state index in [1.54, 1.807) is 30.3 Å². The molecule has 1 aliphatic carbocycles. The SMILES string of the molecule is CCOC1([N+](=O)[O-])CC(c2ccccc2)=CC=C1C(C(=O)O)C(=O)O. The van der Waals surface area contributed by atoms with Crippen molar-refractivity contribution in [2.45, 2.75) is 19.1 Å². The Morgan fingerprint density at radius 2 is 1.84 bits per heavy atom. The van der Waals surface area contributed by atoms with E-state index in [-0.39, 0.29) is 13.0 Å². The molecule has 0 fully saturated rings. The van der Waals surface area contributed by atoms with Crippen molar-refractivity contribution in [1.29, 1.82) is 0 Å². The number of hydrogen-bond donors (Lipinski definition) is 2. The standard InChI is InChI=1S/C17H17NO7/c1-2-25-17(18(23)24)10-12(11-6-4-3-5-7-11)8-9-13(17)14(15(19)20)16(21)22/h3-9,14H,2,10H2,1H3,(H,19,20)(H,21,22). The summed E-state index contributed by atoms with van der Waals surface area (Å²) in [5.41, 5.74) is -1.37. The lowest BCUT2D eigenvalue weighted by Crippen LogP contribution is -2.49. The van der Waals surface area contributed by atoms with Crippen molar-refractivity contribution in [3.8, 4) is 0 Å². The Balaban J connectivity index is 2.64. The molecule has 0 bridgehead atoms. The van der Waals surface area contributed by atoms with Crippen LogP contribution in [-0.2, 0) is 14.3 Å². The average Bonchev–Trinajstić information content (AvgIpc) is 2.56. The summed E-state index contributed by atoms with van der Waals surface area (Å²) in [4.78, 5) is 33.8. The molecule has 1 atom stereocenters. The molecule has 0 saturated carbocycles. The molecule has 0 aromatic heterocycles. The van der Waals surface area contributed by atoms with Crippen LogP contribution < -0.4 is 0 Å². The number of carboxylic acids is 2. The second-order valence-electron chi connectivity index (χ2n) is 5.44. The molecule has 0 saturated heterocycles. The van der Waals surface area contributed by atoms with Gasteiger partial charge in [-0.15, -0.1) is 0 Å². The monoisotopic (exact) mass is 347 g/mol.